The van der Waals surface area contributed by atoms with E-state index in [2.05, 4.69) is 16.2 Å². The molecule has 0 aromatic heterocycles. The van der Waals surface area contributed by atoms with Crippen molar-refractivity contribution in [2.45, 2.75) is 6.42 Å². The second-order valence-electron chi connectivity index (χ2n) is 4.99. The number of thiocarbonyl (C=S) groups is 1. The molecule has 0 fully saturated rings. The van der Waals surface area contributed by atoms with E-state index < -0.39 is 5.91 Å². The average Bonchev–Trinajstić information content (AvgIpc) is 2.61. The third kappa shape index (κ3) is 6.06. The van der Waals surface area contributed by atoms with Crippen molar-refractivity contribution in [1.82, 2.24) is 16.2 Å². The lowest BCUT2D eigenvalue weighted by molar-refractivity contribution is -0.119. The van der Waals surface area contributed by atoms with Gasteiger partial charge in [0.15, 0.2) is 5.11 Å². The highest BCUT2D eigenvalue weighted by molar-refractivity contribution is 7.80. The number of halogens is 1. The minimum absolute atomic E-state index is 0.000764. The number of hydrazine groups is 1. The van der Waals surface area contributed by atoms with E-state index in [0.717, 1.165) is 5.56 Å². The van der Waals surface area contributed by atoms with Gasteiger partial charge < -0.3 is 10.1 Å². The topological polar surface area (TPSA) is 79.5 Å². The van der Waals surface area contributed by atoms with Crippen molar-refractivity contribution >= 4 is 40.7 Å². The molecule has 0 bridgehead atoms. The average molecular weight is 378 g/mol. The molecule has 2 amide bonds. The summed E-state index contributed by atoms with van der Waals surface area (Å²) in [7, 11) is 1.54. The van der Waals surface area contributed by atoms with E-state index in [1.54, 1.807) is 55.6 Å². The molecular weight excluding hydrogens is 362 g/mol. The van der Waals surface area contributed by atoms with E-state index in [0.29, 0.717) is 16.3 Å². The lowest BCUT2D eigenvalue weighted by Crippen LogP contribution is -2.48. The summed E-state index contributed by atoms with van der Waals surface area (Å²) in [5.74, 6) is -0.0510. The van der Waals surface area contributed by atoms with Gasteiger partial charge in [-0.1, -0.05) is 23.7 Å². The van der Waals surface area contributed by atoms with Gasteiger partial charge in [0.2, 0.25) is 5.91 Å². The summed E-state index contributed by atoms with van der Waals surface area (Å²) in [6, 6.07) is 13.5. The Morgan fingerprint density at radius 3 is 2.28 bits per heavy atom. The van der Waals surface area contributed by atoms with Crippen molar-refractivity contribution in [2.75, 3.05) is 7.11 Å². The van der Waals surface area contributed by atoms with Gasteiger partial charge in [0.1, 0.15) is 5.75 Å². The molecule has 2 aromatic rings. The lowest BCUT2D eigenvalue weighted by Gasteiger charge is -2.11. The minimum atomic E-state index is -0.392. The molecule has 0 aliphatic heterocycles. The number of ether oxygens (including phenoxy) is 1. The number of nitrogens with one attached hydrogen (secondary N) is 3. The molecule has 0 atom stereocenters. The number of benzene rings is 2. The summed E-state index contributed by atoms with van der Waals surface area (Å²) in [4.78, 5) is 23.9. The van der Waals surface area contributed by atoms with Crippen molar-refractivity contribution < 1.29 is 14.3 Å². The highest BCUT2D eigenvalue weighted by atomic mass is 35.5. The predicted octanol–water partition coefficient (Wildman–Crippen LogP) is 2.23. The van der Waals surface area contributed by atoms with Gasteiger partial charge in [0.05, 0.1) is 13.5 Å². The number of carbonyl (C=O) groups excluding carboxylic acids is 2. The first kappa shape index (κ1) is 18.7. The lowest BCUT2D eigenvalue weighted by atomic mass is 10.1. The molecule has 0 saturated carbocycles. The minimum Gasteiger partial charge on any atom is -0.497 e. The van der Waals surface area contributed by atoms with Gasteiger partial charge in [-0.3, -0.25) is 20.4 Å². The Hall–Kier alpha value is -2.64. The van der Waals surface area contributed by atoms with Crippen molar-refractivity contribution in [1.29, 1.82) is 0 Å². The van der Waals surface area contributed by atoms with Gasteiger partial charge in [-0.25, -0.2) is 0 Å². The highest BCUT2D eigenvalue weighted by Gasteiger charge is 2.08. The molecular formula is C17H16ClN3O3S. The highest BCUT2D eigenvalue weighted by Crippen LogP contribution is 2.11. The van der Waals surface area contributed by atoms with E-state index in [4.69, 9.17) is 28.6 Å². The van der Waals surface area contributed by atoms with Gasteiger partial charge in [0, 0.05) is 10.6 Å². The van der Waals surface area contributed by atoms with Crippen LogP contribution in [0.5, 0.6) is 5.75 Å². The van der Waals surface area contributed by atoms with Crippen LogP contribution in [0.1, 0.15) is 15.9 Å². The Morgan fingerprint density at radius 1 is 1.04 bits per heavy atom. The van der Waals surface area contributed by atoms with Crippen LogP contribution in [-0.4, -0.2) is 24.0 Å². The summed E-state index contributed by atoms with van der Waals surface area (Å²) >= 11 is 10.8. The Morgan fingerprint density at radius 2 is 1.68 bits per heavy atom. The summed E-state index contributed by atoms with van der Waals surface area (Å²) in [6.07, 6.45) is 0.144. The molecule has 0 spiro atoms. The van der Waals surface area contributed by atoms with Gasteiger partial charge in [-0.15, -0.1) is 0 Å². The zero-order valence-electron chi connectivity index (χ0n) is 13.3. The van der Waals surface area contributed by atoms with E-state index in [1.807, 2.05) is 0 Å². The Kier molecular flexibility index (Phi) is 6.73. The number of carbonyl (C=O) groups is 2. The largest absolute Gasteiger partial charge is 0.497 e. The smallest absolute Gasteiger partial charge is 0.269 e. The molecule has 25 heavy (non-hydrogen) atoms. The molecule has 0 saturated heterocycles. The number of rotatable bonds is 4. The summed E-state index contributed by atoms with van der Waals surface area (Å²) in [5.41, 5.74) is 6.11. The van der Waals surface area contributed by atoms with Crippen LogP contribution in [-0.2, 0) is 11.2 Å². The summed E-state index contributed by atoms with van der Waals surface area (Å²) in [6.45, 7) is 0. The SMILES string of the molecule is COc1ccc(C(=O)NNC(=S)NC(=O)Cc2ccc(Cl)cc2)cc1. The molecule has 130 valence electrons. The molecule has 2 rings (SSSR count). The maximum Gasteiger partial charge on any atom is 0.269 e. The fraction of sp³-hybridized carbons (Fsp3) is 0.118. The first-order valence-electron chi connectivity index (χ1n) is 7.26. The first-order valence-corrected chi connectivity index (χ1v) is 8.05. The molecule has 0 heterocycles. The Bertz CT molecular complexity index is 764. The monoisotopic (exact) mass is 377 g/mol. The molecule has 8 heteroatoms. The van der Waals surface area contributed by atoms with E-state index in [9.17, 15) is 9.59 Å². The normalized spacial score (nSPS) is 9.84. The van der Waals surface area contributed by atoms with Crippen molar-refractivity contribution in [3.05, 3.63) is 64.7 Å². The van der Waals surface area contributed by atoms with Crippen molar-refractivity contribution in [2.24, 2.45) is 0 Å². The van der Waals surface area contributed by atoms with E-state index in [-0.39, 0.29) is 17.4 Å². The van der Waals surface area contributed by atoms with Crippen LogP contribution in [0.3, 0.4) is 0 Å². The van der Waals surface area contributed by atoms with Crippen molar-refractivity contribution in [3.8, 4) is 5.75 Å². The molecule has 0 radical (unpaired) electrons. The molecule has 0 aliphatic carbocycles. The van der Waals surface area contributed by atoms with Crippen LogP contribution in [0.15, 0.2) is 48.5 Å². The molecule has 2 aromatic carbocycles. The third-order valence-corrected chi connectivity index (χ3v) is 3.63. The standard InChI is InChI=1S/C17H16ClN3O3S/c1-24-14-8-4-12(5-9-14)16(23)20-21-17(25)19-15(22)10-11-2-6-13(18)7-3-11/h2-9H,10H2,1H3,(H,20,23)(H2,19,21,22,25). The van der Waals surface area contributed by atoms with E-state index >= 15 is 0 Å². The van der Waals surface area contributed by atoms with Crippen LogP contribution in [0.25, 0.3) is 0 Å². The van der Waals surface area contributed by atoms with Crippen LogP contribution in [0.2, 0.25) is 5.02 Å². The number of methoxy groups -OCH3 is 1. The van der Waals surface area contributed by atoms with Crippen molar-refractivity contribution in [3.63, 3.8) is 0 Å². The number of amides is 2. The predicted molar refractivity (Wildman–Crippen MR) is 99.5 cm³/mol. The zero-order chi connectivity index (χ0) is 18.2. The molecule has 0 aliphatic rings. The zero-order valence-corrected chi connectivity index (χ0v) is 14.9. The quantitative estimate of drug-likeness (QED) is 0.562. The van der Waals surface area contributed by atoms with Gasteiger partial charge in [-0.2, -0.15) is 0 Å². The van der Waals surface area contributed by atoms with Crippen LogP contribution < -0.4 is 20.9 Å². The maximum atomic E-state index is 12.0. The van der Waals surface area contributed by atoms with Gasteiger partial charge in [0.25, 0.3) is 5.91 Å². The Labute approximate surface area is 155 Å². The molecule has 3 N–H and O–H groups in total. The molecule has 0 unspecified atom stereocenters. The summed E-state index contributed by atoms with van der Waals surface area (Å²) in [5, 5.41) is 3.08. The maximum absolute atomic E-state index is 12.0. The third-order valence-electron chi connectivity index (χ3n) is 3.17. The van der Waals surface area contributed by atoms with Gasteiger partial charge in [-0.05, 0) is 54.2 Å². The van der Waals surface area contributed by atoms with Crippen LogP contribution >= 0.6 is 23.8 Å². The molecule has 6 nitrogen and oxygen atoms in total. The van der Waals surface area contributed by atoms with Crippen LogP contribution in [0, 0.1) is 0 Å². The first-order chi connectivity index (χ1) is 12.0. The summed E-state index contributed by atoms with van der Waals surface area (Å²) < 4.78 is 5.02. The van der Waals surface area contributed by atoms with Crippen LogP contribution in [0.4, 0.5) is 0 Å². The van der Waals surface area contributed by atoms with E-state index in [1.165, 1.54) is 0 Å². The second kappa shape index (κ2) is 9.00. The van der Waals surface area contributed by atoms with Gasteiger partial charge >= 0.3 is 0 Å². The fourth-order valence-corrected chi connectivity index (χ4v) is 2.21. The number of hydrogen-bond donors (Lipinski definition) is 3. The number of hydrogen-bond acceptors (Lipinski definition) is 4. The second-order valence-corrected chi connectivity index (χ2v) is 5.83. The Balaban J connectivity index is 1.78. The fourth-order valence-electron chi connectivity index (χ4n) is 1.92.